The van der Waals surface area contributed by atoms with E-state index in [0.717, 1.165) is 32.4 Å². The van der Waals surface area contributed by atoms with Gasteiger partial charge < -0.3 is 15.7 Å². The fourth-order valence-electron chi connectivity index (χ4n) is 3.35. The molecule has 2 rings (SSSR count). The molecular formula is C19H31N3O2. The van der Waals surface area contributed by atoms with Crippen LogP contribution >= 0.6 is 0 Å². The molecule has 1 fully saturated rings. The average Bonchev–Trinajstić information content (AvgIpc) is 2.58. The number of hydrogen-bond donors (Lipinski definition) is 3. The monoisotopic (exact) mass is 333 g/mol. The number of aliphatic hydroxyl groups excluding tert-OH is 1. The van der Waals surface area contributed by atoms with Crippen molar-refractivity contribution in [1.29, 1.82) is 0 Å². The Bertz CT molecular complexity index is 495. The van der Waals surface area contributed by atoms with Crippen LogP contribution in [-0.2, 0) is 6.54 Å². The molecule has 1 heterocycles. The Morgan fingerprint density at radius 1 is 1.38 bits per heavy atom. The van der Waals surface area contributed by atoms with Gasteiger partial charge in [0.15, 0.2) is 0 Å². The smallest absolute Gasteiger partial charge is 0.315 e. The van der Waals surface area contributed by atoms with Gasteiger partial charge in [0.1, 0.15) is 0 Å². The van der Waals surface area contributed by atoms with Gasteiger partial charge in [0.25, 0.3) is 0 Å². The number of nitrogens with one attached hydrogen (secondary N) is 2. The van der Waals surface area contributed by atoms with E-state index in [2.05, 4.69) is 46.7 Å². The van der Waals surface area contributed by atoms with E-state index < -0.39 is 0 Å². The minimum absolute atomic E-state index is 0.0468. The number of aliphatic hydroxyl groups is 1. The van der Waals surface area contributed by atoms with Gasteiger partial charge in [-0.3, -0.25) is 4.90 Å². The molecule has 0 saturated carbocycles. The number of rotatable bonds is 7. The number of amides is 2. The molecule has 1 aliphatic rings. The van der Waals surface area contributed by atoms with E-state index in [4.69, 9.17) is 5.11 Å². The number of benzene rings is 1. The van der Waals surface area contributed by atoms with Gasteiger partial charge in [0.2, 0.25) is 0 Å². The third-order valence-corrected chi connectivity index (χ3v) is 4.88. The van der Waals surface area contributed by atoms with Crippen LogP contribution in [0.25, 0.3) is 0 Å². The van der Waals surface area contributed by atoms with Crippen molar-refractivity contribution < 1.29 is 9.90 Å². The Labute approximate surface area is 145 Å². The first kappa shape index (κ1) is 18.7. The van der Waals surface area contributed by atoms with Crippen LogP contribution in [0.3, 0.4) is 0 Å². The molecule has 0 bridgehead atoms. The lowest BCUT2D eigenvalue weighted by Gasteiger charge is -2.38. The van der Waals surface area contributed by atoms with E-state index in [1.807, 2.05) is 13.0 Å². The third kappa shape index (κ3) is 5.80. The second-order valence-electron chi connectivity index (χ2n) is 6.76. The molecule has 1 aromatic carbocycles. The first-order chi connectivity index (χ1) is 11.6. The average molecular weight is 333 g/mol. The molecule has 2 amide bonds. The molecule has 3 unspecified atom stereocenters. The van der Waals surface area contributed by atoms with Crippen molar-refractivity contribution in [2.24, 2.45) is 0 Å². The summed E-state index contributed by atoms with van der Waals surface area (Å²) in [6.07, 6.45) is 3.38. The highest BCUT2D eigenvalue weighted by molar-refractivity contribution is 5.74. The largest absolute Gasteiger partial charge is 0.396 e. The van der Waals surface area contributed by atoms with Crippen molar-refractivity contribution in [3.05, 3.63) is 35.9 Å². The highest BCUT2D eigenvalue weighted by atomic mass is 16.3. The Morgan fingerprint density at radius 2 is 2.12 bits per heavy atom. The van der Waals surface area contributed by atoms with Gasteiger partial charge in [-0.05, 0) is 38.2 Å². The van der Waals surface area contributed by atoms with Crippen LogP contribution in [0.4, 0.5) is 4.79 Å². The van der Waals surface area contributed by atoms with Crippen LogP contribution in [0, 0.1) is 0 Å². The maximum atomic E-state index is 12.1. The number of carbonyl (C=O) groups excluding carboxylic acids is 1. The maximum Gasteiger partial charge on any atom is 0.315 e. The maximum absolute atomic E-state index is 12.1. The summed E-state index contributed by atoms with van der Waals surface area (Å²) in [5.41, 5.74) is 1.34. The predicted molar refractivity (Wildman–Crippen MR) is 96.8 cm³/mol. The Hall–Kier alpha value is -1.59. The van der Waals surface area contributed by atoms with Crippen LogP contribution in [0.15, 0.2) is 30.3 Å². The van der Waals surface area contributed by atoms with Crippen molar-refractivity contribution in [3.8, 4) is 0 Å². The van der Waals surface area contributed by atoms with E-state index in [9.17, 15) is 4.79 Å². The van der Waals surface area contributed by atoms with Crippen molar-refractivity contribution >= 4 is 6.03 Å². The van der Waals surface area contributed by atoms with Crippen molar-refractivity contribution in [3.63, 3.8) is 0 Å². The second-order valence-corrected chi connectivity index (χ2v) is 6.76. The van der Waals surface area contributed by atoms with Gasteiger partial charge in [-0.15, -0.1) is 0 Å². The molecule has 3 N–H and O–H groups in total. The van der Waals surface area contributed by atoms with Gasteiger partial charge in [-0.25, -0.2) is 4.79 Å². The fraction of sp³-hybridized carbons (Fsp3) is 0.632. The Balaban J connectivity index is 1.77. The number of hydrogen-bond acceptors (Lipinski definition) is 3. The van der Waals surface area contributed by atoms with Crippen LogP contribution in [0.2, 0.25) is 0 Å². The van der Waals surface area contributed by atoms with Crippen molar-refractivity contribution in [2.75, 3.05) is 13.2 Å². The SMILES string of the molecule is CCC(CCO)NC(=O)NC1CCN(Cc2ccccc2)C(C)C1. The third-order valence-electron chi connectivity index (χ3n) is 4.88. The summed E-state index contributed by atoms with van der Waals surface area (Å²) >= 11 is 0. The van der Waals surface area contributed by atoms with Gasteiger partial charge >= 0.3 is 6.03 Å². The molecule has 134 valence electrons. The quantitative estimate of drug-likeness (QED) is 0.718. The van der Waals surface area contributed by atoms with Crippen LogP contribution < -0.4 is 10.6 Å². The van der Waals surface area contributed by atoms with Crippen molar-refractivity contribution in [2.45, 2.75) is 64.2 Å². The van der Waals surface area contributed by atoms with Crippen LogP contribution in [0.5, 0.6) is 0 Å². The molecular weight excluding hydrogens is 302 g/mol. The van der Waals surface area contributed by atoms with E-state index in [0.29, 0.717) is 12.5 Å². The molecule has 0 radical (unpaired) electrons. The van der Waals surface area contributed by atoms with Gasteiger partial charge in [-0.1, -0.05) is 37.3 Å². The summed E-state index contributed by atoms with van der Waals surface area (Å²) in [5, 5.41) is 15.1. The van der Waals surface area contributed by atoms with Crippen LogP contribution in [-0.4, -0.2) is 47.3 Å². The molecule has 3 atom stereocenters. The number of piperidine rings is 1. The molecule has 1 aromatic rings. The van der Waals surface area contributed by atoms with Crippen molar-refractivity contribution in [1.82, 2.24) is 15.5 Å². The van der Waals surface area contributed by atoms with E-state index >= 15 is 0 Å². The molecule has 0 spiro atoms. The number of urea groups is 1. The summed E-state index contributed by atoms with van der Waals surface area (Å²) in [6, 6.07) is 11.1. The minimum atomic E-state index is -0.107. The number of likely N-dealkylation sites (tertiary alicyclic amines) is 1. The Morgan fingerprint density at radius 3 is 2.75 bits per heavy atom. The number of carbonyl (C=O) groups is 1. The highest BCUT2D eigenvalue weighted by Gasteiger charge is 2.26. The van der Waals surface area contributed by atoms with Crippen LogP contribution in [0.1, 0.15) is 45.1 Å². The number of nitrogens with zero attached hydrogens (tertiary/aromatic N) is 1. The zero-order chi connectivity index (χ0) is 17.4. The van der Waals surface area contributed by atoms with E-state index in [-0.39, 0.29) is 24.7 Å². The lowest BCUT2D eigenvalue weighted by Crippen LogP contribution is -2.52. The summed E-state index contributed by atoms with van der Waals surface area (Å²) in [6.45, 7) is 6.32. The van der Waals surface area contributed by atoms with E-state index in [1.165, 1.54) is 5.56 Å². The van der Waals surface area contributed by atoms with Gasteiger partial charge in [0, 0.05) is 37.8 Å². The van der Waals surface area contributed by atoms with E-state index in [1.54, 1.807) is 0 Å². The molecule has 24 heavy (non-hydrogen) atoms. The minimum Gasteiger partial charge on any atom is -0.396 e. The summed E-state index contributed by atoms with van der Waals surface area (Å²) < 4.78 is 0. The Kier molecular flexibility index (Phi) is 7.53. The predicted octanol–water partition coefficient (Wildman–Crippen LogP) is 2.50. The fourth-order valence-corrected chi connectivity index (χ4v) is 3.35. The lowest BCUT2D eigenvalue weighted by atomic mass is 9.97. The lowest BCUT2D eigenvalue weighted by molar-refractivity contribution is 0.129. The standard InChI is InChI=1S/C19H31N3O2/c1-3-17(10-12-23)20-19(24)21-18-9-11-22(15(2)13-18)14-16-7-5-4-6-8-16/h4-8,15,17-18,23H,3,9-14H2,1-2H3,(H2,20,21,24). The molecule has 5 heteroatoms. The zero-order valence-electron chi connectivity index (χ0n) is 14.9. The molecule has 1 saturated heterocycles. The molecule has 5 nitrogen and oxygen atoms in total. The summed E-state index contributed by atoms with van der Waals surface area (Å²) in [4.78, 5) is 14.6. The first-order valence-electron chi connectivity index (χ1n) is 9.08. The second kappa shape index (κ2) is 9.64. The highest BCUT2D eigenvalue weighted by Crippen LogP contribution is 2.19. The first-order valence-corrected chi connectivity index (χ1v) is 9.08. The van der Waals surface area contributed by atoms with Gasteiger partial charge in [-0.2, -0.15) is 0 Å². The normalized spacial score (nSPS) is 22.8. The zero-order valence-corrected chi connectivity index (χ0v) is 14.9. The summed E-state index contributed by atoms with van der Waals surface area (Å²) in [7, 11) is 0. The van der Waals surface area contributed by atoms with Gasteiger partial charge in [0.05, 0.1) is 0 Å². The molecule has 0 aliphatic carbocycles. The summed E-state index contributed by atoms with van der Waals surface area (Å²) in [5.74, 6) is 0. The topological polar surface area (TPSA) is 64.6 Å². The molecule has 0 aromatic heterocycles. The molecule has 1 aliphatic heterocycles.